The number of hydrogen-bond acceptors (Lipinski definition) is 4. The Hall–Kier alpha value is -1.75. The molecule has 0 bridgehead atoms. The summed E-state index contributed by atoms with van der Waals surface area (Å²) in [5.41, 5.74) is 6.97. The van der Waals surface area contributed by atoms with Crippen molar-refractivity contribution < 1.29 is 9.90 Å². The molecule has 1 rings (SSSR count). The molecule has 5 heteroatoms. The maximum atomic E-state index is 10.8. The van der Waals surface area contributed by atoms with Gasteiger partial charge in [-0.1, -0.05) is 6.92 Å². The molecule has 0 aliphatic heterocycles. The van der Waals surface area contributed by atoms with Crippen molar-refractivity contribution in [2.75, 3.05) is 31.2 Å². The molecule has 0 amide bonds. The second kappa shape index (κ2) is 6.99. The van der Waals surface area contributed by atoms with E-state index in [0.717, 1.165) is 25.2 Å². The van der Waals surface area contributed by atoms with Gasteiger partial charge in [-0.2, -0.15) is 0 Å². The summed E-state index contributed by atoms with van der Waals surface area (Å²) in [7, 11) is 2.09. The minimum absolute atomic E-state index is 0.141. The van der Waals surface area contributed by atoms with Crippen molar-refractivity contribution in [3.8, 4) is 0 Å². The molecule has 1 unspecified atom stereocenters. The minimum atomic E-state index is -0.999. The monoisotopic (exact) mass is 265 g/mol. The third-order valence-electron chi connectivity index (χ3n) is 3.42. The van der Waals surface area contributed by atoms with Crippen LogP contribution in [0.2, 0.25) is 0 Å². The van der Waals surface area contributed by atoms with Gasteiger partial charge in [-0.3, -0.25) is 0 Å². The molecule has 1 aromatic carbocycles. The van der Waals surface area contributed by atoms with E-state index in [0.29, 0.717) is 6.04 Å². The largest absolute Gasteiger partial charge is 0.478 e. The number of benzene rings is 1. The van der Waals surface area contributed by atoms with Crippen LogP contribution in [0.1, 0.15) is 30.6 Å². The smallest absolute Gasteiger partial charge is 0.337 e. The van der Waals surface area contributed by atoms with Gasteiger partial charge in [-0.15, -0.1) is 0 Å². The van der Waals surface area contributed by atoms with Gasteiger partial charge < -0.3 is 21.1 Å². The van der Waals surface area contributed by atoms with Crippen molar-refractivity contribution in [3.63, 3.8) is 0 Å². The van der Waals surface area contributed by atoms with E-state index in [9.17, 15) is 4.79 Å². The molecule has 0 aliphatic rings. The molecular formula is C14H23N3O2. The van der Waals surface area contributed by atoms with Crippen LogP contribution in [0.4, 0.5) is 11.4 Å². The highest BCUT2D eigenvalue weighted by Gasteiger charge is 2.08. The van der Waals surface area contributed by atoms with Gasteiger partial charge in [0, 0.05) is 30.5 Å². The highest BCUT2D eigenvalue weighted by atomic mass is 16.4. The number of nitrogens with zero attached hydrogens (tertiary/aromatic N) is 1. The van der Waals surface area contributed by atoms with Gasteiger partial charge in [0.25, 0.3) is 0 Å². The molecule has 0 aromatic heterocycles. The molecule has 1 atom stereocenters. The molecule has 19 heavy (non-hydrogen) atoms. The number of nitrogens with two attached hydrogens (primary N) is 1. The second-order valence-electron chi connectivity index (χ2n) is 4.77. The molecule has 0 radical (unpaired) electrons. The Labute approximate surface area is 114 Å². The third kappa shape index (κ3) is 4.44. The molecule has 0 aliphatic carbocycles. The molecule has 0 heterocycles. The number of hydrogen-bond donors (Lipinski definition) is 3. The van der Waals surface area contributed by atoms with E-state index in [4.69, 9.17) is 10.8 Å². The number of nitrogens with one attached hydrogen (secondary N) is 1. The normalized spacial score (nSPS) is 12.4. The molecule has 0 fully saturated rings. The van der Waals surface area contributed by atoms with Gasteiger partial charge in [0.1, 0.15) is 0 Å². The van der Waals surface area contributed by atoms with E-state index in [-0.39, 0.29) is 11.3 Å². The van der Waals surface area contributed by atoms with Crippen LogP contribution in [0.5, 0.6) is 0 Å². The van der Waals surface area contributed by atoms with Crippen LogP contribution in [0.3, 0.4) is 0 Å². The quantitative estimate of drug-likeness (QED) is 0.658. The molecular weight excluding hydrogens is 242 g/mol. The van der Waals surface area contributed by atoms with Crippen molar-refractivity contribution in [1.82, 2.24) is 4.90 Å². The number of anilines is 2. The Morgan fingerprint density at radius 1 is 1.53 bits per heavy atom. The Morgan fingerprint density at radius 2 is 2.21 bits per heavy atom. The summed E-state index contributed by atoms with van der Waals surface area (Å²) in [6, 6.07) is 5.48. The number of carbonyl (C=O) groups is 1. The molecule has 1 aromatic rings. The lowest BCUT2D eigenvalue weighted by Gasteiger charge is -2.23. The first-order chi connectivity index (χ1) is 8.95. The van der Waals surface area contributed by atoms with E-state index in [1.54, 1.807) is 12.1 Å². The van der Waals surface area contributed by atoms with Gasteiger partial charge in [-0.05, 0) is 38.6 Å². The summed E-state index contributed by atoms with van der Waals surface area (Å²) in [4.78, 5) is 13.1. The number of carboxylic acids is 1. The Morgan fingerprint density at radius 3 is 2.74 bits per heavy atom. The highest BCUT2D eigenvalue weighted by molar-refractivity contribution is 5.94. The van der Waals surface area contributed by atoms with Crippen molar-refractivity contribution >= 4 is 17.3 Å². The van der Waals surface area contributed by atoms with Gasteiger partial charge in [0.15, 0.2) is 0 Å². The molecule has 0 saturated heterocycles. The van der Waals surface area contributed by atoms with Crippen LogP contribution in [-0.4, -0.2) is 42.2 Å². The van der Waals surface area contributed by atoms with Crippen LogP contribution in [0.15, 0.2) is 18.2 Å². The van der Waals surface area contributed by atoms with Crippen LogP contribution < -0.4 is 11.1 Å². The average Bonchev–Trinajstić information content (AvgIpc) is 2.37. The summed E-state index contributed by atoms with van der Waals surface area (Å²) in [5, 5.41) is 12.1. The fourth-order valence-electron chi connectivity index (χ4n) is 1.78. The highest BCUT2D eigenvalue weighted by Crippen LogP contribution is 2.17. The first-order valence-electron chi connectivity index (χ1n) is 6.52. The Balaban J connectivity index is 2.51. The van der Waals surface area contributed by atoms with Crippen molar-refractivity contribution in [1.29, 1.82) is 0 Å². The van der Waals surface area contributed by atoms with Crippen molar-refractivity contribution in [3.05, 3.63) is 23.8 Å². The summed E-state index contributed by atoms with van der Waals surface area (Å²) < 4.78 is 0. The first kappa shape index (κ1) is 15.3. The minimum Gasteiger partial charge on any atom is -0.478 e. The lowest BCUT2D eigenvalue weighted by molar-refractivity contribution is 0.0698. The van der Waals surface area contributed by atoms with Gasteiger partial charge in [0.05, 0.1) is 5.56 Å². The van der Waals surface area contributed by atoms with Crippen LogP contribution in [-0.2, 0) is 0 Å². The summed E-state index contributed by atoms with van der Waals surface area (Å²) in [6.45, 7) is 6.09. The topological polar surface area (TPSA) is 78.6 Å². The summed E-state index contributed by atoms with van der Waals surface area (Å²) >= 11 is 0. The predicted octanol–water partition coefficient (Wildman–Crippen LogP) is 2.11. The van der Waals surface area contributed by atoms with Gasteiger partial charge >= 0.3 is 5.97 Å². The number of rotatable bonds is 7. The van der Waals surface area contributed by atoms with E-state index in [2.05, 4.69) is 31.1 Å². The van der Waals surface area contributed by atoms with Gasteiger partial charge in [-0.25, -0.2) is 4.79 Å². The maximum Gasteiger partial charge on any atom is 0.337 e. The van der Waals surface area contributed by atoms with Gasteiger partial charge in [0.2, 0.25) is 0 Å². The zero-order valence-electron chi connectivity index (χ0n) is 11.8. The van der Waals surface area contributed by atoms with Crippen molar-refractivity contribution in [2.45, 2.75) is 26.3 Å². The van der Waals surface area contributed by atoms with E-state index < -0.39 is 5.97 Å². The fraction of sp³-hybridized carbons (Fsp3) is 0.500. The fourth-order valence-corrected chi connectivity index (χ4v) is 1.78. The van der Waals surface area contributed by atoms with E-state index >= 15 is 0 Å². The molecule has 0 spiro atoms. The van der Waals surface area contributed by atoms with E-state index in [1.807, 2.05) is 0 Å². The average molecular weight is 265 g/mol. The SMILES string of the molecule is CCC(C)N(C)CCNc1ccc(C(=O)O)c(N)c1. The molecule has 5 nitrogen and oxygen atoms in total. The van der Waals surface area contributed by atoms with Crippen LogP contribution in [0.25, 0.3) is 0 Å². The summed E-state index contributed by atoms with van der Waals surface area (Å²) in [5.74, 6) is -0.999. The molecule has 4 N–H and O–H groups in total. The van der Waals surface area contributed by atoms with Crippen molar-refractivity contribution in [2.24, 2.45) is 0 Å². The third-order valence-corrected chi connectivity index (χ3v) is 3.42. The Bertz CT molecular complexity index is 435. The van der Waals surface area contributed by atoms with Crippen LogP contribution in [0, 0.1) is 0 Å². The lowest BCUT2D eigenvalue weighted by atomic mass is 10.1. The summed E-state index contributed by atoms with van der Waals surface area (Å²) in [6.07, 6.45) is 1.12. The number of likely N-dealkylation sites (N-methyl/N-ethyl adjacent to an activating group) is 1. The standard InChI is InChI=1S/C14H23N3O2/c1-4-10(2)17(3)8-7-16-11-5-6-12(14(18)19)13(15)9-11/h5-6,9-10,16H,4,7-8,15H2,1-3H3,(H,18,19). The number of nitrogen functional groups attached to an aromatic ring is 1. The lowest BCUT2D eigenvalue weighted by Crippen LogP contribution is -2.32. The first-order valence-corrected chi connectivity index (χ1v) is 6.52. The Kier molecular flexibility index (Phi) is 5.63. The number of carboxylic acid groups (broad SMARTS) is 1. The molecule has 0 saturated carbocycles. The predicted molar refractivity (Wildman–Crippen MR) is 78.7 cm³/mol. The molecule has 106 valence electrons. The number of aromatic carboxylic acids is 1. The van der Waals surface area contributed by atoms with E-state index in [1.165, 1.54) is 6.07 Å². The van der Waals surface area contributed by atoms with Crippen LogP contribution >= 0.6 is 0 Å². The zero-order chi connectivity index (χ0) is 14.4. The second-order valence-corrected chi connectivity index (χ2v) is 4.77. The maximum absolute atomic E-state index is 10.8. The zero-order valence-corrected chi connectivity index (χ0v) is 11.8.